The smallest absolute Gasteiger partial charge is 0.310 e. The maximum atomic E-state index is 11.5. The molecule has 1 aromatic carbocycles. The van der Waals surface area contributed by atoms with Gasteiger partial charge in [-0.05, 0) is 55.4 Å². The van der Waals surface area contributed by atoms with Gasteiger partial charge < -0.3 is 14.3 Å². The number of ether oxygens (including phenoxy) is 1. The Balaban J connectivity index is 1.81. The van der Waals surface area contributed by atoms with Crippen molar-refractivity contribution in [3.05, 3.63) is 70.7 Å². The highest BCUT2D eigenvalue weighted by atomic mass is 16.5. The zero-order valence-electron chi connectivity index (χ0n) is 14.7. The first-order chi connectivity index (χ1) is 12.1. The third-order valence-electron chi connectivity index (χ3n) is 5.01. The van der Waals surface area contributed by atoms with Crippen LogP contribution in [-0.4, -0.2) is 17.2 Å². The maximum absolute atomic E-state index is 11.5. The highest BCUT2D eigenvalue weighted by molar-refractivity contribution is 5.73. The minimum Gasteiger partial charge on any atom is -0.481 e. The lowest BCUT2D eigenvalue weighted by atomic mass is 9.93. The summed E-state index contributed by atoms with van der Waals surface area (Å²) in [7, 11) is 0. The molecule has 1 aliphatic rings. The zero-order valence-corrected chi connectivity index (χ0v) is 14.7. The van der Waals surface area contributed by atoms with Crippen LogP contribution < -0.4 is 0 Å². The quantitative estimate of drug-likeness (QED) is 0.753. The van der Waals surface area contributed by atoms with Crippen molar-refractivity contribution in [1.82, 2.24) is 0 Å². The molecule has 2 aromatic rings. The topological polar surface area (TPSA) is 59.7 Å². The standard InChI is InChI=1S/C21H24O4/c1-14-11-24-13-17(14)10-19-18(15(2)21(22)23)8-9-20(19)25-12-16-6-4-3-5-7-16/h3-7,11,13,15,20H,8-10,12H2,1-2H3,(H,22,23). The predicted octanol–water partition coefficient (Wildman–Crippen LogP) is 4.53. The second-order valence-corrected chi connectivity index (χ2v) is 6.69. The zero-order chi connectivity index (χ0) is 17.8. The van der Waals surface area contributed by atoms with Crippen LogP contribution in [0.3, 0.4) is 0 Å². The van der Waals surface area contributed by atoms with E-state index in [2.05, 4.69) is 0 Å². The van der Waals surface area contributed by atoms with Gasteiger partial charge in [0.1, 0.15) is 0 Å². The van der Waals surface area contributed by atoms with E-state index in [0.717, 1.165) is 40.7 Å². The summed E-state index contributed by atoms with van der Waals surface area (Å²) >= 11 is 0. The molecule has 0 amide bonds. The molecule has 3 rings (SSSR count). The van der Waals surface area contributed by atoms with E-state index in [1.165, 1.54) is 0 Å². The summed E-state index contributed by atoms with van der Waals surface area (Å²) in [6, 6.07) is 10.1. The van der Waals surface area contributed by atoms with Crippen molar-refractivity contribution < 1.29 is 19.1 Å². The molecule has 1 N–H and O–H groups in total. The van der Waals surface area contributed by atoms with Crippen LogP contribution in [-0.2, 0) is 22.6 Å². The lowest BCUT2D eigenvalue weighted by Crippen LogP contribution is -2.17. The molecular formula is C21H24O4. The van der Waals surface area contributed by atoms with Gasteiger partial charge in [-0.15, -0.1) is 0 Å². The number of carboxylic acid groups (broad SMARTS) is 1. The Kier molecular flexibility index (Phi) is 5.39. The molecule has 2 atom stereocenters. The monoisotopic (exact) mass is 340 g/mol. The van der Waals surface area contributed by atoms with E-state index >= 15 is 0 Å². The first-order valence-corrected chi connectivity index (χ1v) is 8.68. The molecule has 0 aliphatic heterocycles. The van der Waals surface area contributed by atoms with Crippen molar-refractivity contribution >= 4 is 5.97 Å². The molecule has 0 fully saturated rings. The van der Waals surface area contributed by atoms with Gasteiger partial charge in [0.2, 0.25) is 0 Å². The van der Waals surface area contributed by atoms with Gasteiger partial charge in [0.05, 0.1) is 31.2 Å². The number of carboxylic acids is 1. The van der Waals surface area contributed by atoms with Crippen LogP contribution in [0.1, 0.15) is 36.5 Å². The Morgan fingerprint density at radius 1 is 1.32 bits per heavy atom. The van der Waals surface area contributed by atoms with Crippen molar-refractivity contribution in [1.29, 1.82) is 0 Å². The Morgan fingerprint density at radius 3 is 2.72 bits per heavy atom. The fourth-order valence-corrected chi connectivity index (χ4v) is 3.43. The van der Waals surface area contributed by atoms with E-state index in [4.69, 9.17) is 9.15 Å². The van der Waals surface area contributed by atoms with E-state index < -0.39 is 11.9 Å². The molecule has 1 aromatic heterocycles. The van der Waals surface area contributed by atoms with Gasteiger partial charge in [-0.3, -0.25) is 4.79 Å². The van der Waals surface area contributed by atoms with E-state index in [1.54, 1.807) is 19.5 Å². The summed E-state index contributed by atoms with van der Waals surface area (Å²) in [6.45, 7) is 4.31. The van der Waals surface area contributed by atoms with Gasteiger partial charge in [0.15, 0.2) is 0 Å². The normalized spacial score (nSPS) is 18.6. The minimum absolute atomic E-state index is 0.0358. The molecular weight excluding hydrogens is 316 g/mol. The fraction of sp³-hybridized carbons (Fsp3) is 0.381. The Labute approximate surface area is 148 Å². The van der Waals surface area contributed by atoms with Gasteiger partial charge in [-0.2, -0.15) is 0 Å². The number of aryl methyl sites for hydroxylation is 1. The average molecular weight is 340 g/mol. The molecule has 0 radical (unpaired) electrons. The predicted molar refractivity (Wildman–Crippen MR) is 95.2 cm³/mol. The summed E-state index contributed by atoms with van der Waals surface area (Å²) in [5.41, 5.74) is 5.42. The Bertz CT molecular complexity index is 757. The van der Waals surface area contributed by atoms with E-state index in [9.17, 15) is 9.90 Å². The van der Waals surface area contributed by atoms with E-state index in [-0.39, 0.29) is 6.10 Å². The van der Waals surface area contributed by atoms with Crippen LogP contribution in [0, 0.1) is 12.8 Å². The highest BCUT2D eigenvalue weighted by Crippen LogP contribution is 2.36. The van der Waals surface area contributed by atoms with E-state index in [1.807, 2.05) is 37.3 Å². The van der Waals surface area contributed by atoms with Crippen LogP contribution in [0.2, 0.25) is 0 Å². The molecule has 4 nitrogen and oxygen atoms in total. The van der Waals surface area contributed by atoms with Gasteiger partial charge in [-0.1, -0.05) is 35.9 Å². The summed E-state index contributed by atoms with van der Waals surface area (Å²) in [6.07, 6.45) is 5.74. The van der Waals surface area contributed by atoms with Gasteiger partial charge >= 0.3 is 5.97 Å². The molecule has 2 unspecified atom stereocenters. The number of furan rings is 1. The Morgan fingerprint density at radius 2 is 2.08 bits per heavy atom. The van der Waals surface area contributed by atoms with Gasteiger partial charge in [0, 0.05) is 0 Å². The molecule has 0 saturated heterocycles. The summed E-state index contributed by atoms with van der Waals surface area (Å²) < 4.78 is 11.5. The summed E-state index contributed by atoms with van der Waals surface area (Å²) in [5, 5.41) is 9.44. The number of benzene rings is 1. The van der Waals surface area contributed by atoms with Crippen molar-refractivity contribution in [2.24, 2.45) is 5.92 Å². The van der Waals surface area contributed by atoms with Gasteiger partial charge in [0.25, 0.3) is 0 Å². The minimum atomic E-state index is -0.778. The highest BCUT2D eigenvalue weighted by Gasteiger charge is 2.31. The molecule has 1 aliphatic carbocycles. The van der Waals surface area contributed by atoms with Crippen molar-refractivity contribution in [3.8, 4) is 0 Å². The van der Waals surface area contributed by atoms with E-state index in [0.29, 0.717) is 13.0 Å². The number of hydrogen-bond acceptors (Lipinski definition) is 3. The lowest BCUT2D eigenvalue weighted by molar-refractivity contribution is -0.139. The van der Waals surface area contributed by atoms with Crippen molar-refractivity contribution in [2.75, 3.05) is 0 Å². The third kappa shape index (κ3) is 4.02. The molecule has 132 valence electrons. The third-order valence-corrected chi connectivity index (χ3v) is 5.01. The van der Waals surface area contributed by atoms with Crippen molar-refractivity contribution in [3.63, 3.8) is 0 Å². The molecule has 0 saturated carbocycles. The Hall–Kier alpha value is -2.33. The lowest BCUT2D eigenvalue weighted by Gasteiger charge is -2.18. The SMILES string of the molecule is Cc1cocc1CC1=C(C(C)C(=O)O)CCC1OCc1ccccc1. The number of hydrogen-bond donors (Lipinski definition) is 1. The molecule has 25 heavy (non-hydrogen) atoms. The number of carbonyl (C=O) groups is 1. The van der Waals surface area contributed by atoms with Crippen LogP contribution in [0.15, 0.2) is 58.4 Å². The molecule has 0 bridgehead atoms. The fourth-order valence-electron chi connectivity index (χ4n) is 3.43. The largest absolute Gasteiger partial charge is 0.481 e. The second-order valence-electron chi connectivity index (χ2n) is 6.69. The average Bonchev–Trinajstić information content (AvgIpc) is 3.20. The first kappa shape index (κ1) is 17.5. The summed E-state index contributed by atoms with van der Waals surface area (Å²) in [4.78, 5) is 11.5. The second kappa shape index (κ2) is 7.70. The van der Waals surface area contributed by atoms with Gasteiger partial charge in [-0.25, -0.2) is 0 Å². The van der Waals surface area contributed by atoms with Crippen molar-refractivity contribution in [2.45, 2.75) is 45.8 Å². The first-order valence-electron chi connectivity index (χ1n) is 8.68. The molecule has 0 spiro atoms. The maximum Gasteiger partial charge on any atom is 0.310 e. The summed E-state index contributed by atoms with van der Waals surface area (Å²) in [5.74, 6) is -1.26. The van der Waals surface area contributed by atoms with Crippen LogP contribution in [0.25, 0.3) is 0 Å². The van der Waals surface area contributed by atoms with Crippen LogP contribution >= 0.6 is 0 Å². The molecule has 4 heteroatoms. The van der Waals surface area contributed by atoms with Crippen LogP contribution in [0.5, 0.6) is 0 Å². The van der Waals surface area contributed by atoms with Crippen LogP contribution in [0.4, 0.5) is 0 Å². The number of rotatable bonds is 7. The number of aliphatic carboxylic acids is 1. The molecule has 1 heterocycles.